The molecule has 1 N–H and O–H groups in total. The summed E-state index contributed by atoms with van der Waals surface area (Å²) in [6, 6.07) is 0. The molecule has 4 aliphatic heterocycles. The van der Waals surface area contributed by atoms with Crippen molar-refractivity contribution in [3.63, 3.8) is 0 Å². The van der Waals surface area contributed by atoms with Gasteiger partial charge < -0.3 is 9.64 Å². The van der Waals surface area contributed by atoms with Crippen LogP contribution < -0.4 is 5.32 Å². The Bertz CT molecular complexity index is 803. The summed E-state index contributed by atoms with van der Waals surface area (Å²) in [6.07, 6.45) is 13.9. The molecule has 2 fully saturated rings. The number of fused-ring (bicyclic) bond motifs is 1. The van der Waals surface area contributed by atoms with E-state index in [4.69, 9.17) is 9.73 Å². The fourth-order valence-electron chi connectivity index (χ4n) is 6.20. The third kappa shape index (κ3) is 5.41. The minimum Gasteiger partial charge on any atom is -0.381 e. The Morgan fingerprint density at radius 1 is 1.15 bits per heavy atom. The van der Waals surface area contributed by atoms with Gasteiger partial charge in [-0.25, -0.2) is 0 Å². The highest BCUT2D eigenvalue weighted by Gasteiger charge is 2.41. The summed E-state index contributed by atoms with van der Waals surface area (Å²) in [6.45, 7) is 3.61. The van der Waals surface area contributed by atoms with E-state index in [9.17, 15) is 4.79 Å². The van der Waals surface area contributed by atoms with Crippen molar-refractivity contribution >= 4 is 40.0 Å². The van der Waals surface area contributed by atoms with Crippen molar-refractivity contribution in [1.29, 1.82) is 0 Å². The largest absolute Gasteiger partial charge is 0.381 e. The maximum Gasteiger partial charge on any atom is 0.225 e. The number of hydrazone groups is 1. The van der Waals surface area contributed by atoms with Crippen LogP contribution in [0.25, 0.3) is 0 Å². The summed E-state index contributed by atoms with van der Waals surface area (Å²) in [5.74, 6) is 1.51. The van der Waals surface area contributed by atoms with Crippen molar-refractivity contribution in [3.8, 4) is 0 Å². The average molecular weight is 536 g/mol. The third-order valence-corrected chi connectivity index (χ3v) is 9.06. The molecule has 34 heavy (non-hydrogen) atoms. The zero-order chi connectivity index (χ0) is 23.5. The van der Waals surface area contributed by atoms with Gasteiger partial charge in [-0.15, -0.1) is 0 Å². The summed E-state index contributed by atoms with van der Waals surface area (Å²) in [7, 11) is 1.78. The summed E-state index contributed by atoms with van der Waals surface area (Å²) < 4.78 is 5.48. The second-order valence-electron chi connectivity index (χ2n) is 10.5. The molecule has 1 saturated heterocycles. The molecule has 8 nitrogen and oxygen atoms in total. The van der Waals surface area contributed by atoms with Gasteiger partial charge in [0.2, 0.25) is 5.91 Å². The molecular formula is C25H39BrN6O2. The monoisotopic (exact) mass is 534 g/mol. The Hall–Kier alpha value is -1.32. The molecular weight excluding hydrogens is 496 g/mol. The number of nitrogens with zero attached hydrogens (tertiary/aromatic N) is 5. The number of methoxy groups -OCH3 is 1. The first-order chi connectivity index (χ1) is 16.6. The lowest BCUT2D eigenvalue weighted by Crippen LogP contribution is -2.54. The van der Waals surface area contributed by atoms with E-state index in [1.165, 1.54) is 18.6 Å². The molecule has 0 aromatic heterocycles. The van der Waals surface area contributed by atoms with Gasteiger partial charge in [0.15, 0.2) is 6.17 Å². The number of nitrogens with one attached hydrogen (secondary N) is 1. The summed E-state index contributed by atoms with van der Waals surface area (Å²) in [5.41, 5.74) is 1.30. The van der Waals surface area contributed by atoms with Gasteiger partial charge in [-0.3, -0.25) is 25.1 Å². The molecule has 0 aromatic carbocycles. The number of ether oxygens (including phenoxy) is 1. The zero-order valence-electron chi connectivity index (χ0n) is 20.3. The van der Waals surface area contributed by atoms with Gasteiger partial charge in [0.25, 0.3) is 0 Å². The molecule has 5 aliphatic rings. The van der Waals surface area contributed by atoms with Crippen molar-refractivity contribution in [2.75, 3.05) is 33.3 Å². The van der Waals surface area contributed by atoms with E-state index in [1.807, 2.05) is 6.21 Å². The number of hydrogen-bond donors (Lipinski definition) is 1. The minimum atomic E-state index is 0.0249. The summed E-state index contributed by atoms with van der Waals surface area (Å²) in [5, 5.41) is 10.6. The van der Waals surface area contributed by atoms with Crippen LogP contribution in [0.15, 0.2) is 15.1 Å². The number of halogens is 1. The molecule has 188 valence electrons. The number of hydrogen-bond acceptors (Lipinski definition) is 7. The fourth-order valence-corrected chi connectivity index (χ4v) is 6.67. The van der Waals surface area contributed by atoms with Crippen LogP contribution in [0.4, 0.5) is 0 Å². The molecule has 0 radical (unpaired) electrons. The van der Waals surface area contributed by atoms with E-state index in [1.54, 1.807) is 7.11 Å². The number of amides is 1. The van der Waals surface area contributed by atoms with Crippen LogP contribution in [0.1, 0.15) is 57.8 Å². The second kappa shape index (κ2) is 11.2. The van der Waals surface area contributed by atoms with Crippen molar-refractivity contribution in [1.82, 2.24) is 15.2 Å². The maximum absolute atomic E-state index is 13.1. The second-order valence-corrected chi connectivity index (χ2v) is 11.6. The van der Waals surface area contributed by atoms with E-state index in [2.05, 4.69) is 47.5 Å². The lowest BCUT2D eigenvalue weighted by Gasteiger charge is -2.41. The lowest BCUT2D eigenvalue weighted by atomic mass is 9.84. The van der Waals surface area contributed by atoms with E-state index >= 15 is 0 Å². The van der Waals surface area contributed by atoms with Crippen molar-refractivity contribution in [2.24, 2.45) is 32.8 Å². The summed E-state index contributed by atoms with van der Waals surface area (Å²) in [4.78, 5) is 25.0. The van der Waals surface area contributed by atoms with E-state index in [0.29, 0.717) is 23.8 Å². The van der Waals surface area contributed by atoms with Crippen LogP contribution in [0, 0.1) is 17.8 Å². The Balaban J connectivity index is 1.17. The first-order valence-electron chi connectivity index (χ1n) is 13.2. The van der Waals surface area contributed by atoms with E-state index in [0.717, 1.165) is 71.1 Å². The fraction of sp³-hybridized carbons (Fsp3) is 0.840. The number of carbonyl (C=O) groups is 1. The number of aliphatic imine (C=N–C) groups is 2. The number of alkyl halides is 1. The number of carbonyl (C=O) groups excluding carboxylic acids is 1. The number of likely N-dealkylation sites (tertiary alicyclic amines) is 1. The predicted octanol–water partition coefficient (Wildman–Crippen LogP) is 3.06. The van der Waals surface area contributed by atoms with Crippen molar-refractivity contribution < 1.29 is 9.53 Å². The molecule has 4 atom stereocenters. The zero-order valence-corrected chi connectivity index (χ0v) is 21.9. The highest BCUT2D eigenvalue weighted by Crippen LogP contribution is 2.33. The highest BCUT2D eigenvalue weighted by atomic mass is 79.9. The van der Waals surface area contributed by atoms with E-state index < -0.39 is 0 Å². The molecule has 0 aromatic rings. The minimum absolute atomic E-state index is 0.0249. The Kier molecular flexibility index (Phi) is 8.01. The van der Waals surface area contributed by atoms with Gasteiger partial charge >= 0.3 is 0 Å². The normalized spacial score (nSPS) is 36.5. The van der Waals surface area contributed by atoms with Crippen LogP contribution in [-0.4, -0.2) is 90.5 Å². The van der Waals surface area contributed by atoms with Gasteiger partial charge in [0.05, 0.1) is 10.9 Å². The topological polar surface area (TPSA) is 81.9 Å². The molecule has 0 spiro atoms. The number of piperidine rings is 1. The van der Waals surface area contributed by atoms with Crippen LogP contribution in [0.2, 0.25) is 0 Å². The predicted molar refractivity (Wildman–Crippen MR) is 139 cm³/mol. The third-order valence-electron chi connectivity index (χ3n) is 8.35. The molecule has 1 aliphatic carbocycles. The van der Waals surface area contributed by atoms with Crippen LogP contribution in [-0.2, 0) is 9.53 Å². The van der Waals surface area contributed by atoms with E-state index in [-0.39, 0.29) is 23.1 Å². The molecule has 4 heterocycles. The van der Waals surface area contributed by atoms with Gasteiger partial charge in [-0.2, -0.15) is 5.10 Å². The smallest absolute Gasteiger partial charge is 0.225 e. The average Bonchev–Trinajstić information content (AvgIpc) is 3.28. The number of rotatable bonds is 6. The summed E-state index contributed by atoms with van der Waals surface area (Å²) >= 11 is 3.76. The molecule has 4 unspecified atom stereocenters. The SMILES string of the molecule is COC1CCC(C(=O)N2CCC(C3=NC4C(Br)C=NN4C(NCC4C=NCCC4)C3)CC2)CC1. The van der Waals surface area contributed by atoms with Crippen LogP contribution in [0.5, 0.6) is 0 Å². The lowest BCUT2D eigenvalue weighted by molar-refractivity contribution is -0.138. The molecule has 0 bridgehead atoms. The Morgan fingerprint density at radius 2 is 1.94 bits per heavy atom. The van der Waals surface area contributed by atoms with Crippen molar-refractivity contribution in [3.05, 3.63) is 0 Å². The molecule has 1 saturated carbocycles. The molecule has 1 amide bonds. The van der Waals surface area contributed by atoms with Crippen LogP contribution in [0.3, 0.4) is 0 Å². The van der Waals surface area contributed by atoms with Gasteiger partial charge in [0, 0.05) is 75.6 Å². The Morgan fingerprint density at radius 3 is 2.65 bits per heavy atom. The highest BCUT2D eigenvalue weighted by molar-refractivity contribution is 9.10. The molecule has 9 heteroatoms. The van der Waals surface area contributed by atoms with Gasteiger partial charge in [-0.05, 0) is 51.4 Å². The standard InChI is InChI=1S/C25H39BrN6O2/c1-34-20-6-4-19(5-7-20)25(33)31-11-8-18(9-12-31)22-13-23(28-15-17-3-2-10-27-14-17)32-24(30-22)21(26)16-29-32/h14,16-21,23-24,28H,2-13,15H2,1H3. The van der Waals surface area contributed by atoms with Crippen molar-refractivity contribution in [2.45, 2.75) is 81.1 Å². The maximum atomic E-state index is 13.1. The first kappa shape index (κ1) is 24.4. The molecule has 5 rings (SSSR count). The van der Waals surface area contributed by atoms with Gasteiger partial charge in [0.1, 0.15) is 6.17 Å². The Labute approximate surface area is 211 Å². The van der Waals surface area contributed by atoms with Gasteiger partial charge in [-0.1, -0.05) is 15.9 Å². The first-order valence-corrected chi connectivity index (χ1v) is 14.1. The quantitative estimate of drug-likeness (QED) is 0.531. The van der Waals surface area contributed by atoms with Crippen LogP contribution >= 0.6 is 15.9 Å².